The maximum atomic E-state index is 13.5. The molecule has 0 amide bonds. The number of hydrogen-bond acceptors (Lipinski definition) is 3. The molecule has 0 spiro atoms. The van der Waals surface area contributed by atoms with Gasteiger partial charge in [-0.05, 0) is 35.7 Å². The molecule has 0 saturated heterocycles. The van der Waals surface area contributed by atoms with Crippen molar-refractivity contribution in [3.8, 4) is 11.1 Å². The van der Waals surface area contributed by atoms with Gasteiger partial charge in [-0.3, -0.25) is 9.78 Å². The highest BCUT2D eigenvalue weighted by molar-refractivity contribution is 6.03. The molecule has 3 nitrogen and oxygen atoms in total. The first-order valence-electron chi connectivity index (χ1n) is 9.79. The normalized spacial score (nSPS) is 11.5. The molecule has 0 atom stereocenters. The van der Waals surface area contributed by atoms with Gasteiger partial charge in [0.05, 0.1) is 11.1 Å². The molecule has 3 aromatic carbocycles. The van der Waals surface area contributed by atoms with Crippen molar-refractivity contribution >= 4 is 22.9 Å². The molecule has 0 fully saturated rings. The number of rotatable bonds is 6. The Morgan fingerprint density at radius 2 is 1.71 bits per heavy atom. The molecular formula is C25H19F3N2O. The van der Waals surface area contributed by atoms with E-state index in [0.29, 0.717) is 29.3 Å². The number of nitrogens with one attached hydrogen (secondary N) is 1. The van der Waals surface area contributed by atoms with Crippen LogP contribution in [0.4, 0.5) is 18.9 Å². The Balaban J connectivity index is 1.71. The average molecular weight is 420 g/mol. The smallest absolute Gasteiger partial charge is 0.385 e. The average Bonchev–Trinajstić information content (AvgIpc) is 2.78. The van der Waals surface area contributed by atoms with Crippen LogP contribution in [0.3, 0.4) is 0 Å². The van der Waals surface area contributed by atoms with Gasteiger partial charge in [-0.1, -0.05) is 54.6 Å². The van der Waals surface area contributed by atoms with Crippen molar-refractivity contribution in [2.45, 2.75) is 12.6 Å². The summed E-state index contributed by atoms with van der Waals surface area (Å²) in [6.45, 7) is 0.698. The molecule has 0 saturated carbocycles. The highest BCUT2D eigenvalue weighted by Gasteiger charge is 2.33. The van der Waals surface area contributed by atoms with Gasteiger partial charge in [-0.25, -0.2) is 0 Å². The topological polar surface area (TPSA) is 42.0 Å². The summed E-state index contributed by atoms with van der Waals surface area (Å²) in [6.07, 6.45) is -1.88. The molecule has 6 heteroatoms. The third-order valence-corrected chi connectivity index (χ3v) is 5.10. The maximum Gasteiger partial charge on any atom is 0.418 e. The van der Waals surface area contributed by atoms with E-state index in [1.807, 2.05) is 36.4 Å². The standard InChI is InChI=1S/C25H19F3N2O/c26-25(27,28)22-11-5-10-21-23(19(16-31)15-30-24(21)22)18-8-4-9-20(14-18)29-13-12-17-6-2-1-3-7-17/h1-11,14-16,29H,12-13H2. The predicted molar refractivity (Wildman–Crippen MR) is 116 cm³/mol. The van der Waals surface area contributed by atoms with E-state index in [-0.39, 0.29) is 11.1 Å². The summed E-state index contributed by atoms with van der Waals surface area (Å²) in [5.41, 5.74) is 2.37. The number of halogens is 3. The zero-order valence-electron chi connectivity index (χ0n) is 16.5. The van der Waals surface area contributed by atoms with E-state index in [0.717, 1.165) is 18.2 Å². The largest absolute Gasteiger partial charge is 0.418 e. The third-order valence-electron chi connectivity index (χ3n) is 5.10. The number of hydrogen-bond donors (Lipinski definition) is 1. The molecule has 0 unspecified atom stereocenters. The Bertz CT molecular complexity index is 1220. The lowest BCUT2D eigenvalue weighted by atomic mass is 9.95. The second-order valence-corrected chi connectivity index (χ2v) is 7.15. The lowest BCUT2D eigenvalue weighted by molar-refractivity contribution is -0.136. The Hall–Kier alpha value is -3.67. The molecule has 4 aromatic rings. The summed E-state index contributed by atoms with van der Waals surface area (Å²) in [5.74, 6) is 0. The van der Waals surface area contributed by atoms with Crippen molar-refractivity contribution in [2.75, 3.05) is 11.9 Å². The number of alkyl halides is 3. The van der Waals surface area contributed by atoms with Crippen LogP contribution in [-0.2, 0) is 12.6 Å². The summed E-state index contributed by atoms with van der Waals surface area (Å²) in [7, 11) is 0. The molecule has 0 aliphatic rings. The number of nitrogens with zero attached hydrogens (tertiary/aromatic N) is 1. The van der Waals surface area contributed by atoms with Crippen molar-refractivity contribution in [1.29, 1.82) is 0 Å². The van der Waals surface area contributed by atoms with Crippen molar-refractivity contribution in [2.24, 2.45) is 0 Å². The maximum absolute atomic E-state index is 13.5. The van der Waals surface area contributed by atoms with Gasteiger partial charge in [-0.2, -0.15) is 13.2 Å². The fourth-order valence-corrected chi connectivity index (χ4v) is 3.66. The molecule has 0 radical (unpaired) electrons. The van der Waals surface area contributed by atoms with Gasteiger partial charge in [0.15, 0.2) is 6.29 Å². The van der Waals surface area contributed by atoms with Crippen LogP contribution < -0.4 is 5.32 Å². The van der Waals surface area contributed by atoms with Crippen LogP contribution in [0.15, 0.2) is 79.0 Å². The van der Waals surface area contributed by atoms with Gasteiger partial charge in [0.1, 0.15) is 0 Å². The molecule has 4 rings (SSSR count). The van der Waals surface area contributed by atoms with Gasteiger partial charge in [0.25, 0.3) is 0 Å². The summed E-state index contributed by atoms with van der Waals surface area (Å²) < 4.78 is 40.4. The monoisotopic (exact) mass is 420 g/mol. The SMILES string of the molecule is O=Cc1cnc2c(C(F)(F)F)cccc2c1-c1cccc(NCCc2ccccc2)c1. The molecular weight excluding hydrogens is 401 g/mol. The summed E-state index contributed by atoms with van der Waals surface area (Å²) >= 11 is 0. The van der Waals surface area contributed by atoms with E-state index >= 15 is 0 Å². The first-order valence-corrected chi connectivity index (χ1v) is 9.79. The van der Waals surface area contributed by atoms with E-state index in [4.69, 9.17) is 0 Å². The summed E-state index contributed by atoms with van der Waals surface area (Å²) in [5, 5.41) is 3.63. The van der Waals surface area contributed by atoms with Crippen LogP contribution in [0.5, 0.6) is 0 Å². The lowest BCUT2D eigenvalue weighted by Gasteiger charge is -2.15. The first-order chi connectivity index (χ1) is 15.0. The summed E-state index contributed by atoms with van der Waals surface area (Å²) in [6, 6.07) is 21.3. The van der Waals surface area contributed by atoms with Gasteiger partial charge in [0.2, 0.25) is 0 Å². The van der Waals surface area contributed by atoms with Crippen LogP contribution in [0.2, 0.25) is 0 Å². The molecule has 31 heavy (non-hydrogen) atoms. The fraction of sp³-hybridized carbons (Fsp3) is 0.120. The Kier molecular flexibility index (Phi) is 5.71. The van der Waals surface area contributed by atoms with Crippen molar-refractivity contribution in [1.82, 2.24) is 4.98 Å². The van der Waals surface area contributed by atoms with Gasteiger partial charge in [-0.15, -0.1) is 0 Å². The molecule has 1 aromatic heterocycles. The Labute approximate surface area is 177 Å². The minimum Gasteiger partial charge on any atom is -0.385 e. The van der Waals surface area contributed by atoms with Crippen molar-refractivity contribution < 1.29 is 18.0 Å². The second kappa shape index (κ2) is 8.60. The number of pyridine rings is 1. The van der Waals surface area contributed by atoms with Crippen LogP contribution in [-0.4, -0.2) is 17.8 Å². The minimum atomic E-state index is -4.53. The molecule has 1 heterocycles. The quantitative estimate of drug-likeness (QED) is 0.368. The zero-order chi connectivity index (χ0) is 21.8. The third kappa shape index (κ3) is 4.43. The second-order valence-electron chi connectivity index (χ2n) is 7.15. The number of benzene rings is 3. The van der Waals surface area contributed by atoms with E-state index in [9.17, 15) is 18.0 Å². The van der Waals surface area contributed by atoms with Crippen LogP contribution >= 0.6 is 0 Å². The number of carbonyl (C=O) groups is 1. The van der Waals surface area contributed by atoms with Crippen molar-refractivity contribution in [3.05, 3.63) is 95.7 Å². The van der Waals surface area contributed by atoms with Gasteiger partial charge in [0, 0.05) is 34.9 Å². The van der Waals surface area contributed by atoms with E-state index in [2.05, 4.69) is 22.4 Å². The fourth-order valence-electron chi connectivity index (χ4n) is 3.66. The zero-order valence-corrected chi connectivity index (χ0v) is 16.5. The molecule has 156 valence electrons. The number of anilines is 1. The van der Waals surface area contributed by atoms with Gasteiger partial charge >= 0.3 is 6.18 Å². The predicted octanol–water partition coefficient (Wildman–Crippen LogP) is 6.39. The van der Waals surface area contributed by atoms with Crippen molar-refractivity contribution in [3.63, 3.8) is 0 Å². The molecule has 0 aliphatic carbocycles. The van der Waals surface area contributed by atoms with E-state index in [1.165, 1.54) is 17.8 Å². The Morgan fingerprint density at radius 3 is 2.45 bits per heavy atom. The number of fused-ring (bicyclic) bond motifs is 1. The number of para-hydroxylation sites is 1. The van der Waals surface area contributed by atoms with E-state index < -0.39 is 11.7 Å². The summed E-state index contributed by atoms with van der Waals surface area (Å²) in [4.78, 5) is 15.6. The van der Waals surface area contributed by atoms with Crippen LogP contribution in [0.1, 0.15) is 21.5 Å². The number of aldehydes is 1. The van der Waals surface area contributed by atoms with Gasteiger partial charge < -0.3 is 5.32 Å². The number of carbonyl (C=O) groups excluding carboxylic acids is 1. The molecule has 0 aliphatic heterocycles. The lowest BCUT2D eigenvalue weighted by Crippen LogP contribution is -2.07. The highest BCUT2D eigenvalue weighted by Crippen LogP contribution is 2.38. The first kappa shape index (κ1) is 20.6. The minimum absolute atomic E-state index is 0.168. The molecule has 0 bridgehead atoms. The van der Waals surface area contributed by atoms with Crippen LogP contribution in [0.25, 0.3) is 22.0 Å². The number of aromatic nitrogens is 1. The Morgan fingerprint density at radius 1 is 0.935 bits per heavy atom. The highest BCUT2D eigenvalue weighted by atomic mass is 19.4. The van der Waals surface area contributed by atoms with E-state index in [1.54, 1.807) is 12.1 Å². The van der Waals surface area contributed by atoms with Crippen LogP contribution in [0, 0.1) is 0 Å². The molecule has 1 N–H and O–H groups in total.